The van der Waals surface area contributed by atoms with Crippen molar-refractivity contribution in [3.8, 4) is 0 Å². The van der Waals surface area contributed by atoms with Crippen LogP contribution in [0.4, 0.5) is 5.82 Å². The molecule has 1 rings (SSSR count). The zero-order valence-corrected chi connectivity index (χ0v) is 10.4. The Balaban J connectivity index is 3.02. The van der Waals surface area contributed by atoms with Gasteiger partial charge in [0, 0.05) is 23.5 Å². The Morgan fingerprint density at radius 1 is 1.44 bits per heavy atom. The smallest absolute Gasteiger partial charge is 0.118 e. The van der Waals surface area contributed by atoms with Crippen LogP contribution in [0.1, 0.15) is 33.3 Å². The first-order valence-electron chi connectivity index (χ1n) is 5.29. The lowest BCUT2D eigenvalue weighted by Crippen LogP contribution is -2.22. The molecule has 16 heavy (non-hydrogen) atoms. The van der Waals surface area contributed by atoms with Gasteiger partial charge in [-0.15, -0.1) is 0 Å². The summed E-state index contributed by atoms with van der Waals surface area (Å²) in [5, 5.41) is 0. The second-order valence-corrected chi connectivity index (χ2v) is 4.67. The van der Waals surface area contributed by atoms with Gasteiger partial charge in [-0.1, -0.05) is 0 Å². The lowest BCUT2D eigenvalue weighted by atomic mass is 10.1. The van der Waals surface area contributed by atoms with Gasteiger partial charge in [0.2, 0.25) is 0 Å². The summed E-state index contributed by atoms with van der Waals surface area (Å²) in [7, 11) is 0. The molecule has 0 bridgehead atoms. The number of hydrogen-bond donors (Lipinski definition) is 2. The van der Waals surface area contributed by atoms with Crippen LogP contribution < -0.4 is 11.5 Å². The first-order chi connectivity index (χ1) is 7.36. The summed E-state index contributed by atoms with van der Waals surface area (Å²) in [6.07, 6.45) is 5.39. The third-order valence-electron chi connectivity index (χ3n) is 2.33. The minimum atomic E-state index is -0.0255. The molecule has 0 aliphatic rings. The summed E-state index contributed by atoms with van der Waals surface area (Å²) >= 11 is 0. The van der Waals surface area contributed by atoms with Gasteiger partial charge in [0.25, 0.3) is 0 Å². The van der Waals surface area contributed by atoms with Gasteiger partial charge in [-0.3, -0.25) is 0 Å². The standard InChI is InChI=1S/C12H20N4/c1-5-10(13)15-8-9-6-7-16(11(9)14)12(2,3)4/h5-8H,13-14H2,1-4H3/b10-5-,15-8?. The molecule has 0 aliphatic carbocycles. The minimum Gasteiger partial charge on any atom is -0.385 e. The number of nitrogens with two attached hydrogens (primary N) is 2. The van der Waals surface area contributed by atoms with Crippen LogP contribution in [-0.4, -0.2) is 10.8 Å². The minimum absolute atomic E-state index is 0.0255. The number of aliphatic imine (C=N–C) groups is 1. The van der Waals surface area contributed by atoms with Gasteiger partial charge in [-0.2, -0.15) is 0 Å². The summed E-state index contributed by atoms with van der Waals surface area (Å²) in [5.74, 6) is 1.20. The molecule has 4 heteroatoms. The fourth-order valence-corrected chi connectivity index (χ4v) is 1.37. The molecule has 88 valence electrons. The highest BCUT2D eigenvalue weighted by Gasteiger charge is 2.16. The topological polar surface area (TPSA) is 69.3 Å². The Morgan fingerprint density at radius 3 is 2.50 bits per heavy atom. The van der Waals surface area contributed by atoms with Crippen molar-refractivity contribution < 1.29 is 0 Å². The van der Waals surface area contributed by atoms with Gasteiger partial charge in [0.05, 0.1) is 0 Å². The van der Waals surface area contributed by atoms with Crippen LogP contribution in [0, 0.1) is 0 Å². The average molecular weight is 220 g/mol. The Kier molecular flexibility index (Phi) is 3.42. The number of anilines is 1. The van der Waals surface area contributed by atoms with Crippen LogP contribution in [0.25, 0.3) is 0 Å². The number of hydrogen-bond acceptors (Lipinski definition) is 3. The molecule has 0 unspecified atom stereocenters. The van der Waals surface area contributed by atoms with Crippen molar-refractivity contribution in [1.82, 2.24) is 4.57 Å². The second kappa shape index (κ2) is 4.43. The van der Waals surface area contributed by atoms with Crippen LogP contribution in [0.3, 0.4) is 0 Å². The maximum Gasteiger partial charge on any atom is 0.118 e. The van der Waals surface area contributed by atoms with Crippen molar-refractivity contribution in [2.45, 2.75) is 33.2 Å². The Morgan fingerprint density at radius 2 is 2.06 bits per heavy atom. The van der Waals surface area contributed by atoms with Crippen molar-refractivity contribution in [2.24, 2.45) is 10.7 Å². The molecule has 0 amide bonds. The van der Waals surface area contributed by atoms with Crippen LogP contribution >= 0.6 is 0 Å². The normalized spacial score (nSPS) is 13.6. The zero-order chi connectivity index (χ0) is 12.3. The second-order valence-electron chi connectivity index (χ2n) is 4.67. The summed E-state index contributed by atoms with van der Waals surface area (Å²) < 4.78 is 2.01. The first kappa shape index (κ1) is 12.4. The maximum absolute atomic E-state index is 6.03. The van der Waals surface area contributed by atoms with Gasteiger partial charge < -0.3 is 16.0 Å². The Labute approximate surface area is 96.7 Å². The van der Waals surface area contributed by atoms with Gasteiger partial charge in [0.1, 0.15) is 11.6 Å². The average Bonchev–Trinajstić information content (AvgIpc) is 2.55. The van der Waals surface area contributed by atoms with Gasteiger partial charge >= 0.3 is 0 Å². The summed E-state index contributed by atoms with van der Waals surface area (Å²) in [6, 6.07) is 1.94. The van der Waals surface area contributed by atoms with E-state index in [0.29, 0.717) is 11.6 Å². The van der Waals surface area contributed by atoms with Gasteiger partial charge in [0.15, 0.2) is 0 Å². The fraction of sp³-hybridized carbons (Fsp3) is 0.417. The fourth-order valence-electron chi connectivity index (χ4n) is 1.37. The number of allylic oxidation sites excluding steroid dienone is 1. The molecular weight excluding hydrogens is 200 g/mol. The van der Waals surface area contributed by atoms with E-state index in [-0.39, 0.29) is 5.54 Å². The highest BCUT2D eigenvalue weighted by molar-refractivity contribution is 5.86. The lowest BCUT2D eigenvalue weighted by Gasteiger charge is -2.23. The van der Waals surface area contributed by atoms with E-state index in [9.17, 15) is 0 Å². The zero-order valence-electron chi connectivity index (χ0n) is 10.4. The molecule has 0 spiro atoms. The molecule has 0 fully saturated rings. The maximum atomic E-state index is 6.03. The van der Waals surface area contributed by atoms with E-state index in [4.69, 9.17) is 11.5 Å². The van der Waals surface area contributed by atoms with Crippen LogP contribution in [-0.2, 0) is 5.54 Å². The first-order valence-corrected chi connectivity index (χ1v) is 5.29. The Hall–Kier alpha value is -1.71. The predicted molar refractivity (Wildman–Crippen MR) is 69.4 cm³/mol. The highest BCUT2D eigenvalue weighted by atomic mass is 15.1. The van der Waals surface area contributed by atoms with Crippen molar-refractivity contribution in [1.29, 1.82) is 0 Å². The molecule has 1 aromatic rings. The van der Waals surface area contributed by atoms with Gasteiger partial charge in [-0.05, 0) is 39.8 Å². The van der Waals surface area contributed by atoms with Gasteiger partial charge in [-0.25, -0.2) is 4.99 Å². The van der Waals surface area contributed by atoms with E-state index < -0.39 is 0 Å². The molecule has 0 aromatic carbocycles. The summed E-state index contributed by atoms with van der Waals surface area (Å²) in [6.45, 7) is 8.15. The molecule has 4 N–H and O–H groups in total. The molecule has 0 radical (unpaired) electrons. The van der Waals surface area contributed by atoms with Crippen LogP contribution in [0.5, 0.6) is 0 Å². The molecule has 0 saturated carbocycles. The number of aromatic nitrogens is 1. The van der Waals surface area contributed by atoms with E-state index in [1.807, 2.05) is 23.8 Å². The van der Waals surface area contributed by atoms with Crippen molar-refractivity contribution >= 4 is 12.0 Å². The number of rotatable bonds is 2. The molecule has 0 saturated heterocycles. The van der Waals surface area contributed by atoms with Crippen molar-refractivity contribution in [3.05, 3.63) is 29.7 Å². The molecular formula is C12H20N4. The van der Waals surface area contributed by atoms with E-state index in [1.54, 1.807) is 12.3 Å². The monoisotopic (exact) mass is 220 g/mol. The quantitative estimate of drug-likeness (QED) is 0.749. The third-order valence-corrected chi connectivity index (χ3v) is 2.33. The van der Waals surface area contributed by atoms with Crippen molar-refractivity contribution in [3.63, 3.8) is 0 Å². The molecule has 1 aromatic heterocycles. The van der Waals surface area contributed by atoms with E-state index in [0.717, 1.165) is 5.56 Å². The SMILES string of the molecule is C/C=C(/N)N=Cc1ccn(C(C)(C)C)c1N. The summed E-state index contributed by atoms with van der Waals surface area (Å²) in [5.41, 5.74) is 12.5. The van der Waals surface area contributed by atoms with E-state index in [1.165, 1.54) is 0 Å². The molecule has 0 aliphatic heterocycles. The third kappa shape index (κ3) is 2.66. The number of nitrogen functional groups attached to an aromatic ring is 1. The van der Waals surface area contributed by atoms with Crippen LogP contribution in [0.2, 0.25) is 0 Å². The number of nitrogens with zero attached hydrogens (tertiary/aromatic N) is 2. The Bertz CT molecular complexity index is 419. The molecule has 4 nitrogen and oxygen atoms in total. The predicted octanol–water partition coefficient (Wildman–Crippen LogP) is 2.06. The lowest BCUT2D eigenvalue weighted by molar-refractivity contribution is 0.404. The van der Waals surface area contributed by atoms with Crippen LogP contribution in [0.15, 0.2) is 29.2 Å². The van der Waals surface area contributed by atoms with Crippen molar-refractivity contribution in [2.75, 3.05) is 5.73 Å². The van der Waals surface area contributed by atoms with E-state index >= 15 is 0 Å². The highest BCUT2D eigenvalue weighted by Crippen LogP contribution is 2.22. The molecule has 1 heterocycles. The molecule has 0 atom stereocenters. The summed E-state index contributed by atoms with van der Waals surface area (Å²) in [4.78, 5) is 4.09. The largest absolute Gasteiger partial charge is 0.385 e. The van der Waals surface area contributed by atoms with E-state index in [2.05, 4.69) is 25.8 Å².